The van der Waals surface area contributed by atoms with Gasteiger partial charge in [0.2, 0.25) is 0 Å². The minimum absolute atomic E-state index is 0.0762. The number of rotatable bonds is 1. The van der Waals surface area contributed by atoms with Crippen molar-refractivity contribution in [2.45, 2.75) is 39.5 Å². The Kier molecular flexibility index (Phi) is 2.38. The number of carbonyl (C=O) groups is 1. The molecule has 1 fully saturated rings. The van der Waals surface area contributed by atoms with Crippen LogP contribution in [0.4, 0.5) is 0 Å². The molecule has 0 aromatic rings. The molecule has 0 spiro atoms. The summed E-state index contributed by atoms with van der Waals surface area (Å²) in [5.74, 6) is -0.862. The van der Waals surface area contributed by atoms with Crippen molar-refractivity contribution < 1.29 is 14.6 Å². The van der Waals surface area contributed by atoms with E-state index in [1.807, 2.05) is 20.8 Å². The highest BCUT2D eigenvalue weighted by molar-refractivity contribution is 5.78. The maximum Gasteiger partial charge on any atom is 0.326 e. The molecule has 1 saturated heterocycles. The monoisotopic (exact) mass is 187 g/mol. The van der Waals surface area contributed by atoms with Crippen LogP contribution in [0, 0.1) is 5.41 Å². The standard InChI is InChI=1S/C9H17NO3/c1-8(2,3)6-10-9(4,5-13-6)7(11)12/h6,10H,5H2,1-4H3,(H,11,12)/t6-,9+/m1/s1. The van der Waals surface area contributed by atoms with Gasteiger partial charge in [0.25, 0.3) is 0 Å². The van der Waals surface area contributed by atoms with Gasteiger partial charge in [-0.1, -0.05) is 20.8 Å². The molecule has 1 heterocycles. The molecule has 1 aliphatic heterocycles. The van der Waals surface area contributed by atoms with Crippen molar-refractivity contribution in [3.63, 3.8) is 0 Å². The number of hydrogen-bond acceptors (Lipinski definition) is 3. The number of nitrogens with one attached hydrogen (secondary N) is 1. The maximum absolute atomic E-state index is 10.9. The summed E-state index contributed by atoms with van der Waals surface area (Å²) in [4.78, 5) is 10.9. The first kappa shape index (κ1) is 10.5. The molecule has 1 rings (SSSR count). The number of aliphatic carboxylic acids is 1. The van der Waals surface area contributed by atoms with Crippen LogP contribution in [-0.4, -0.2) is 29.4 Å². The predicted octanol–water partition coefficient (Wildman–Crippen LogP) is 0.822. The van der Waals surface area contributed by atoms with Gasteiger partial charge in [0.15, 0.2) is 0 Å². The zero-order chi connectivity index (χ0) is 10.3. The molecule has 4 nitrogen and oxygen atoms in total. The third kappa shape index (κ3) is 2.00. The molecular weight excluding hydrogens is 170 g/mol. The summed E-state index contributed by atoms with van der Waals surface area (Å²) < 4.78 is 5.40. The van der Waals surface area contributed by atoms with Crippen LogP contribution in [0.1, 0.15) is 27.7 Å². The van der Waals surface area contributed by atoms with E-state index in [1.54, 1.807) is 6.92 Å². The molecule has 0 unspecified atom stereocenters. The first-order chi connectivity index (χ1) is 5.76. The molecule has 0 aromatic carbocycles. The summed E-state index contributed by atoms with van der Waals surface area (Å²) in [5.41, 5.74) is -1.01. The highest BCUT2D eigenvalue weighted by Gasteiger charge is 2.45. The third-order valence-electron chi connectivity index (χ3n) is 2.25. The van der Waals surface area contributed by atoms with Crippen molar-refractivity contribution >= 4 is 5.97 Å². The average molecular weight is 187 g/mol. The second-order valence-corrected chi connectivity index (χ2v) is 4.84. The van der Waals surface area contributed by atoms with Crippen LogP contribution < -0.4 is 5.32 Å². The lowest BCUT2D eigenvalue weighted by molar-refractivity contribution is -0.143. The summed E-state index contributed by atoms with van der Waals surface area (Å²) in [6, 6.07) is 0. The van der Waals surface area contributed by atoms with Crippen LogP contribution in [0.25, 0.3) is 0 Å². The zero-order valence-electron chi connectivity index (χ0n) is 8.55. The van der Waals surface area contributed by atoms with Gasteiger partial charge in [-0.15, -0.1) is 0 Å². The number of ether oxygens (including phenoxy) is 1. The molecule has 0 amide bonds. The van der Waals surface area contributed by atoms with Gasteiger partial charge >= 0.3 is 5.97 Å². The van der Waals surface area contributed by atoms with E-state index in [4.69, 9.17) is 9.84 Å². The Morgan fingerprint density at radius 1 is 1.62 bits per heavy atom. The van der Waals surface area contributed by atoms with Gasteiger partial charge in [0.05, 0.1) is 6.61 Å². The van der Waals surface area contributed by atoms with E-state index in [1.165, 1.54) is 0 Å². The van der Waals surface area contributed by atoms with Crippen molar-refractivity contribution in [3.05, 3.63) is 0 Å². The number of hydrogen-bond donors (Lipinski definition) is 2. The quantitative estimate of drug-likeness (QED) is 0.638. The van der Waals surface area contributed by atoms with Gasteiger partial charge in [-0.3, -0.25) is 10.1 Å². The fourth-order valence-electron chi connectivity index (χ4n) is 1.21. The molecule has 0 aliphatic carbocycles. The fourth-order valence-corrected chi connectivity index (χ4v) is 1.21. The second-order valence-electron chi connectivity index (χ2n) is 4.84. The van der Waals surface area contributed by atoms with Gasteiger partial charge in [0.1, 0.15) is 11.8 Å². The first-order valence-electron chi connectivity index (χ1n) is 4.38. The largest absolute Gasteiger partial charge is 0.480 e. The minimum Gasteiger partial charge on any atom is -0.480 e. The van der Waals surface area contributed by atoms with Crippen molar-refractivity contribution in [2.75, 3.05) is 6.61 Å². The summed E-state index contributed by atoms with van der Waals surface area (Å²) in [7, 11) is 0. The van der Waals surface area contributed by atoms with Crippen LogP contribution >= 0.6 is 0 Å². The Hall–Kier alpha value is -0.610. The number of carboxylic acids is 1. The Bertz CT molecular complexity index is 221. The molecule has 2 atom stereocenters. The maximum atomic E-state index is 10.9. The van der Waals surface area contributed by atoms with E-state index in [2.05, 4.69) is 5.32 Å². The minimum atomic E-state index is -0.933. The Labute approximate surface area is 78.3 Å². The lowest BCUT2D eigenvalue weighted by Gasteiger charge is -2.27. The van der Waals surface area contributed by atoms with E-state index in [0.717, 1.165) is 0 Å². The van der Waals surface area contributed by atoms with Crippen molar-refractivity contribution in [1.82, 2.24) is 5.32 Å². The molecule has 76 valence electrons. The smallest absolute Gasteiger partial charge is 0.326 e. The van der Waals surface area contributed by atoms with Crippen LogP contribution in [0.3, 0.4) is 0 Å². The van der Waals surface area contributed by atoms with Crippen molar-refractivity contribution in [3.8, 4) is 0 Å². The van der Waals surface area contributed by atoms with E-state index < -0.39 is 11.5 Å². The predicted molar refractivity (Wildman–Crippen MR) is 48.4 cm³/mol. The lowest BCUT2D eigenvalue weighted by Crippen LogP contribution is -2.51. The van der Waals surface area contributed by atoms with Crippen LogP contribution in [0.15, 0.2) is 0 Å². The molecule has 0 aromatic heterocycles. The molecule has 2 N–H and O–H groups in total. The summed E-state index contributed by atoms with van der Waals surface area (Å²) in [6.45, 7) is 7.90. The van der Waals surface area contributed by atoms with Gasteiger partial charge in [0, 0.05) is 5.41 Å². The molecule has 1 aliphatic rings. The topological polar surface area (TPSA) is 58.6 Å². The Morgan fingerprint density at radius 3 is 2.38 bits per heavy atom. The number of carboxylic acid groups (broad SMARTS) is 1. The Morgan fingerprint density at radius 2 is 2.15 bits per heavy atom. The molecule has 13 heavy (non-hydrogen) atoms. The van der Waals surface area contributed by atoms with Crippen LogP contribution in [0.2, 0.25) is 0 Å². The van der Waals surface area contributed by atoms with E-state index in [9.17, 15) is 4.79 Å². The Balaban J connectivity index is 2.69. The highest BCUT2D eigenvalue weighted by Crippen LogP contribution is 2.27. The van der Waals surface area contributed by atoms with Gasteiger partial charge in [-0.05, 0) is 6.92 Å². The van der Waals surface area contributed by atoms with E-state index in [-0.39, 0.29) is 18.2 Å². The van der Waals surface area contributed by atoms with Crippen molar-refractivity contribution in [2.24, 2.45) is 5.41 Å². The molecule has 0 bridgehead atoms. The van der Waals surface area contributed by atoms with E-state index >= 15 is 0 Å². The third-order valence-corrected chi connectivity index (χ3v) is 2.25. The average Bonchev–Trinajstić information content (AvgIpc) is 2.31. The molecule has 4 heteroatoms. The molecular formula is C9H17NO3. The van der Waals surface area contributed by atoms with Crippen LogP contribution in [-0.2, 0) is 9.53 Å². The molecule has 0 saturated carbocycles. The summed E-state index contributed by atoms with van der Waals surface area (Å²) >= 11 is 0. The lowest BCUT2D eigenvalue weighted by atomic mass is 9.93. The molecule has 0 radical (unpaired) electrons. The van der Waals surface area contributed by atoms with Gasteiger partial charge in [-0.2, -0.15) is 0 Å². The summed E-state index contributed by atoms with van der Waals surface area (Å²) in [5, 5.41) is 11.9. The highest BCUT2D eigenvalue weighted by atomic mass is 16.5. The van der Waals surface area contributed by atoms with Gasteiger partial charge < -0.3 is 9.84 Å². The van der Waals surface area contributed by atoms with Gasteiger partial charge in [-0.25, -0.2) is 0 Å². The first-order valence-corrected chi connectivity index (χ1v) is 4.38. The SMILES string of the molecule is CC(C)(C)[C@@H]1N[C@](C)(C(=O)O)CO1. The van der Waals surface area contributed by atoms with Crippen molar-refractivity contribution in [1.29, 1.82) is 0 Å². The zero-order valence-corrected chi connectivity index (χ0v) is 8.55. The van der Waals surface area contributed by atoms with Crippen LogP contribution in [0.5, 0.6) is 0 Å². The summed E-state index contributed by atoms with van der Waals surface area (Å²) in [6.07, 6.45) is -0.186. The normalized spacial score (nSPS) is 34.9. The second kappa shape index (κ2) is 2.96. The fraction of sp³-hybridized carbons (Fsp3) is 0.889. The van der Waals surface area contributed by atoms with E-state index in [0.29, 0.717) is 0 Å².